The average Bonchev–Trinajstić information content (AvgIpc) is 2.70. The third kappa shape index (κ3) is 4.11. The van der Waals surface area contributed by atoms with E-state index in [9.17, 15) is 20.0 Å². The number of nitrogens with two attached hydrogens (primary N) is 1. The number of nitro benzene ring substituents is 1. The lowest BCUT2D eigenvalue weighted by Crippen LogP contribution is -2.12. The Bertz CT molecular complexity index is 1050. The standard InChI is InChI=1S/C20H16ClN3O4/c21-16-9-17(19(25)18(10-16)24(27)28)23-20(26)14-6-4-13(5-7-14)15-3-1-2-12(8-15)11-22/h1-10,25H,11,22H2,(H,23,26). The smallest absolute Gasteiger partial charge is 0.314 e. The summed E-state index contributed by atoms with van der Waals surface area (Å²) in [5.74, 6) is -1.19. The number of aromatic hydroxyl groups is 1. The summed E-state index contributed by atoms with van der Waals surface area (Å²) in [4.78, 5) is 22.6. The van der Waals surface area contributed by atoms with Gasteiger partial charge in [0.2, 0.25) is 5.75 Å². The first-order valence-electron chi connectivity index (χ1n) is 8.26. The fourth-order valence-electron chi connectivity index (χ4n) is 2.71. The molecule has 3 aromatic carbocycles. The quantitative estimate of drug-likeness (QED) is 0.336. The third-order valence-corrected chi connectivity index (χ3v) is 4.36. The SMILES string of the molecule is NCc1cccc(-c2ccc(C(=O)Nc3cc(Cl)cc([N+](=O)[O-])c3O)cc2)c1. The van der Waals surface area contributed by atoms with E-state index in [1.807, 2.05) is 24.3 Å². The number of phenols is 1. The van der Waals surface area contributed by atoms with Crippen LogP contribution >= 0.6 is 11.6 Å². The predicted molar refractivity (Wildman–Crippen MR) is 107 cm³/mol. The first kappa shape index (κ1) is 19.3. The molecule has 0 bridgehead atoms. The van der Waals surface area contributed by atoms with Crippen molar-refractivity contribution >= 4 is 28.9 Å². The van der Waals surface area contributed by atoms with Crippen LogP contribution in [0.1, 0.15) is 15.9 Å². The van der Waals surface area contributed by atoms with Crippen molar-refractivity contribution in [2.75, 3.05) is 5.32 Å². The van der Waals surface area contributed by atoms with Gasteiger partial charge in [0, 0.05) is 23.2 Å². The fraction of sp³-hybridized carbons (Fsp3) is 0.0500. The molecule has 0 saturated carbocycles. The van der Waals surface area contributed by atoms with Crippen molar-refractivity contribution in [1.29, 1.82) is 0 Å². The van der Waals surface area contributed by atoms with E-state index in [0.29, 0.717) is 12.1 Å². The zero-order valence-electron chi connectivity index (χ0n) is 14.6. The molecule has 1 amide bonds. The van der Waals surface area contributed by atoms with Crippen LogP contribution in [0, 0.1) is 10.1 Å². The second-order valence-corrected chi connectivity index (χ2v) is 6.45. The zero-order valence-corrected chi connectivity index (χ0v) is 15.3. The minimum absolute atomic E-state index is 0.0231. The molecule has 8 heteroatoms. The van der Waals surface area contributed by atoms with E-state index in [1.165, 1.54) is 6.07 Å². The Kier molecular flexibility index (Phi) is 5.58. The summed E-state index contributed by atoms with van der Waals surface area (Å²) in [6.45, 7) is 0.434. The van der Waals surface area contributed by atoms with Gasteiger partial charge in [-0.3, -0.25) is 14.9 Å². The van der Waals surface area contributed by atoms with Crippen LogP contribution in [-0.2, 0) is 6.54 Å². The number of anilines is 1. The Hall–Kier alpha value is -3.42. The molecule has 142 valence electrons. The van der Waals surface area contributed by atoms with Crippen LogP contribution in [0.25, 0.3) is 11.1 Å². The number of benzene rings is 3. The number of carbonyl (C=O) groups is 1. The van der Waals surface area contributed by atoms with Gasteiger partial charge in [-0.2, -0.15) is 0 Å². The average molecular weight is 398 g/mol. The largest absolute Gasteiger partial charge is 0.501 e. The topological polar surface area (TPSA) is 118 Å². The van der Waals surface area contributed by atoms with Gasteiger partial charge in [-0.1, -0.05) is 41.9 Å². The fourth-order valence-corrected chi connectivity index (χ4v) is 2.92. The van der Waals surface area contributed by atoms with Gasteiger partial charge in [0.15, 0.2) is 0 Å². The molecule has 7 nitrogen and oxygen atoms in total. The Labute approximate surface area is 165 Å². The second-order valence-electron chi connectivity index (χ2n) is 6.01. The van der Waals surface area contributed by atoms with Crippen molar-refractivity contribution in [2.24, 2.45) is 5.73 Å². The molecule has 0 fully saturated rings. The van der Waals surface area contributed by atoms with Crippen LogP contribution in [0.15, 0.2) is 60.7 Å². The van der Waals surface area contributed by atoms with Gasteiger partial charge in [-0.15, -0.1) is 0 Å². The number of nitrogens with zero attached hydrogens (tertiary/aromatic N) is 1. The molecule has 28 heavy (non-hydrogen) atoms. The molecule has 0 atom stereocenters. The van der Waals surface area contributed by atoms with E-state index < -0.39 is 22.3 Å². The Morgan fingerprint density at radius 1 is 1.11 bits per heavy atom. The van der Waals surface area contributed by atoms with E-state index in [0.717, 1.165) is 22.8 Å². The minimum atomic E-state index is -0.777. The van der Waals surface area contributed by atoms with Crippen molar-refractivity contribution < 1.29 is 14.8 Å². The Morgan fingerprint density at radius 3 is 2.46 bits per heavy atom. The molecule has 0 aliphatic carbocycles. The number of nitrogens with one attached hydrogen (secondary N) is 1. The number of halogens is 1. The van der Waals surface area contributed by atoms with E-state index in [2.05, 4.69) is 5.32 Å². The molecule has 0 saturated heterocycles. The molecule has 0 radical (unpaired) electrons. The van der Waals surface area contributed by atoms with Crippen molar-refractivity contribution in [3.8, 4) is 16.9 Å². The summed E-state index contributed by atoms with van der Waals surface area (Å²) >= 11 is 5.83. The van der Waals surface area contributed by atoms with E-state index >= 15 is 0 Å². The predicted octanol–water partition coefficient (Wildman–Crippen LogP) is 4.33. The van der Waals surface area contributed by atoms with Crippen molar-refractivity contribution in [1.82, 2.24) is 0 Å². The summed E-state index contributed by atoms with van der Waals surface area (Å²) in [7, 11) is 0. The highest BCUT2D eigenvalue weighted by molar-refractivity contribution is 6.31. The first-order valence-corrected chi connectivity index (χ1v) is 8.64. The van der Waals surface area contributed by atoms with E-state index in [4.69, 9.17) is 17.3 Å². The highest BCUT2D eigenvalue weighted by atomic mass is 35.5. The summed E-state index contributed by atoms with van der Waals surface area (Å²) in [5.41, 5.74) is 8.14. The number of nitro groups is 1. The molecule has 4 N–H and O–H groups in total. The number of hydrogen-bond acceptors (Lipinski definition) is 5. The molecule has 0 aromatic heterocycles. The van der Waals surface area contributed by atoms with Gasteiger partial charge in [0.05, 0.1) is 10.6 Å². The monoisotopic (exact) mass is 397 g/mol. The van der Waals surface area contributed by atoms with Crippen LogP contribution in [0.2, 0.25) is 5.02 Å². The highest BCUT2D eigenvalue weighted by Gasteiger charge is 2.20. The van der Waals surface area contributed by atoms with Crippen LogP contribution in [0.5, 0.6) is 5.75 Å². The molecular weight excluding hydrogens is 382 g/mol. The van der Waals surface area contributed by atoms with Gasteiger partial charge < -0.3 is 16.2 Å². The molecule has 0 aliphatic rings. The summed E-state index contributed by atoms with van der Waals surface area (Å²) in [6.07, 6.45) is 0. The Morgan fingerprint density at radius 2 is 1.82 bits per heavy atom. The minimum Gasteiger partial charge on any atom is -0.501 e. The summed E-state index contributed by atoms with van der Waals surface area (Å²) in [5, 5.41) is 23.4. The summed E-state index contributed by atoms with van der Waals surface area (Å²) < 4.78 is 0. The van der Waals surface area contributed by atoms with Gasteiger partial charge >= 0.3 is 5.69 Å². The molecular formula is C20H16ClN3O4. The third-order valence-electron chi connectivity index (χ3n) is 4.14. The number of phenolic OH excluding ortho intramolecular Hbond substituents is 1. The lowest BCUT2D eigenvalue weighted by atomic mass is 10.0. The van der Waals surface area contributed by atoms with Gasteiger partial charge in [0.25, 0.3) is 5.91 Å². The van der Waals surface area contributed by atoms with Crippen LogP contribution < -0.4 is 11.1 Å². The number of amides is 1. The Balaban J connectivity index is 1.83. The van der Waals surface area contributed by atoms with Gasteiger partial charge in [-0.05, 0) is 41.0 Å². The molecule has 0 unspecified atom stereocenters. The zero-order chi connectivity index (χ0) is 20.3. The lowest BCUT2D eigenvalue weighted by Gasteiger charge is -2.09. The van der Waals surface area contributed by atoms with Crippen molar-refractivity contribution in [3.05, 3.63) is 86.9 Å². The maximum atomic E-state index is 12.5. The van der Waals surface area contributed by atoms with Crippen molar-refractivity contribution in [2.45, 2.75) is 6.54 Å². The molecule has 0 spiro atoms. The summed E-state index contributed by atoms with van der Waals surface area (Å²) in [6, 6.07) is 16.8. The van der Waals surface area contributed by atoms with Crippen LogP contribution in [0.4, 0.5) is 11.4 Å². The molecule has 0 heterocycles. The number of carbonyl (C=O) groups excluding carboxylic acids is 1. The maximum absolute atomic E-state index is 12.5. The first-order chi connectivity index (χ1) is 13.4. The second kappa shape index (κ2) is 8.08. The lowest BCUT2D eigenvalue weighted by molar-refractivity contribution is -0.385. The molecule has 0 aliphatic heterocycles. The highest BCUT2D eigenvalue weighted by Crippen LogP contribution is 2.37. The maximum Gasteiger partial charge on any atom is 0.314 e. The van der Waals surface area contributed by atoms with Crippen molar-refractivity contribution in [3.63, 3.8) is 0 Å². The van der Waals surface area contributed by atoms with Crippen LogP contribution in [-0.4, -0.2) is 15.9 Å². The molecule has 3 rings (SSSR count). The number of rotatable bonds is 5. The van der Waals surface area contributed by atoms with E-state index in [1.54, 1.807) is 24.3 Å². The number of hydrogen-bond donors (Lipinski definition) is 3. The van der Waals surface area contributed by atoms with Gasteiger partial charge in [0.1, 0.15) is 0 Å². The van der Waals surface area contributed by atoms with Gasteiger partial charge in [-0.25, -0.2) is 0 Å². The molecule has 3 aromatic rings. The van der Waals surface area contributed by atoms with Crippen LogP contribution in [0.3, 0.4) is 0 Å². The normalized spacial score (nSPS) is 10.5. The van der Waals surface area contributed by atoms with E-state index in [-0.39, 0.29) is 10.7 Å².